The van der Waals surface area contributed by atoms with Crippen LogP contribution < -0.4 is 0 Å². The van der Waals surface area contributed by atoms with E-state index in [4.69, 9.17) is 0 Å². The summed E-state index contributed by atoms with van der Waals surface area (Å²) in [7, 11) is 0. The molecule has 0 saturated heterocycles. The molecule has 1 aliphatic rings. The van der Waals surface area contributed by atoms with Crippen LogP contribution in [0.5, 0.6) is 0 Å². The molecule has 0 aliphatic heterocycles. The maximum Gasteiger partial charge on any atom is -0.0135 e. The highest BCUT2D eigenvalue weighted by molar-refractivity contribution is 5.39. The minimum absolute atomic E-state index is 1.06. The van der Waals surface area contributed by atoms with Crippen LogP contribution in [0.4, 0.5) is 0 Å². The first-order valence-corrected chi connectivity index (χ1v) is 5.74. The van der Waals surface area contributed by atoms with E-state index in [-0.39, 0.29) is 0 Å². The lowest BCUT2D eigenvalue weighted by Gasteiger charge is -1.89. The van der Waals surface area contributed by atoms with Gasteiger partial charge in [-0.15, -0.1) is 0 Å². The molecule has 0 spiro atoms. The fourth-order valence-electron chi connectivity index (χ4n) is 1.32. The first kappa shape index (κ1) is 12.5. The third-order valence-corrected chi connectivity index (χ3v) is 2.52. The topological polar surface area (TPSA) is 0 Å². The average molecular weight is 212 g/mol. The molecule has 0 heterocycles. The van der Waals surface area contributed by atoms with Crippen LogP contribution in [0.15, 0.2) is 71.4 Å². The zero-order valence-electron chi connectivity index (χ0n) is 10.4. The molecule has 0 atom stereocenters. The van der Waals surface area contributed by atoms with Crippen LogP contribution in [0.25, 0.3) is 0 Å². The van der Waals surface area contributed by atoms with E-state index in [0.717, 1.165) is 6.42 Å². The Morgan fingerprint density at radius 2 is 2.06 bits per heavy atom. The lowest BCUT2D eigenvalue weighted by Crippen LogP contribution is -1.68. The van der Waals surface area contributed by atoms with Crippen molar-refractivity contribution in [2.45, 2.75) is 27.2 Å². The summed E-state index contributed by atoms with van der Waals surface area (Å²) in [6, 6.07) is 0. The maximum absolute atomic E-state index is 2.20. The molecule has 0 N–H and O–H groups in total. The second-order valence-electron chi connectivity index (χ2n) is 4.04. The fourth-order valence-corrected chi connectivity index (χ4v) is 1.32. The van der Waals surface area contributed by atoms with E-state index in [2.05, 4.69) is 68.5 Å². The van der Waals surface area contributed by atoms with Crippen molar-refractivity contribution in [3.8, 4) is 0 Å². The number of rotatable bonds is 3. The first-order chi connectivity index (χ1) is 7.72. The van der Waals surface area contributed by atoms with Crippen LogP contribution in [0, 0.1) is 0 Å². The van der Waals surface area contributed by atoms with Gasteiger partial charge in [0.2, 0.25) is 0 Å². The van der Waals surface area contributed by atoms with Crippen LogP contribution in [0.1, 0.15) is 27.2 Å². The standard InChI is InChI=1S/C16H20/c1-4-14(2)8-5-6-10-16-11-7-9-15(3)12-13-16/h4-8,10-13H,9H2,1-3H3/b8-5-,10-6+,14-4-. The van der Waals surface area contributed by atoms with Crippen molar-refractivity contribution in [2.24, 2.45) is 0 Å². The Bertz CT molecular complexity index is 396. The predicted molar refractivity (Wildman–Crippen MR) is 73.3 cm³/mol. The third-order valence-electron chi connectivity index (χ3n) is 2.52. The Labute approximate surface area is 99.1 Å². The summed E-state index contributed by atoms with van der Waals surface area (Å²) in [5.41, 5.74) is 3.94. The van der Waals surface area contributed by atoms with E-state index in [1.54, 1.807) is 0 Å². The van der Waals surface area contributed by atoms with E-state index in [1.807, 2.05) is 6.92 Å². The van der Waals surface area contributed by atoms with Gasteiger partial charge in [0.05, 0.1) is 0 Å². The van der Waals surface area contributed by atoms with E-state index < -0.39 is 0 Å². The van der Waals surface area contributed by atoms with Crippen LogP contribution in [0.2, 0.25) is 0 Å². The molecule has 1 aliphatic carbocycles. The predicted octanol–water partition coefficient (Wildman–Crippen LogP) is 4.90. The smallest absolute Gasteiger partial charge is 0.0135 e. The average Bonchev–Trinajstić information content (AvgIpc) is 2.49. The molecule has 0 saturated carbocycles. The van der Waals surface area contributed by atoms with Crippen LogP contribution in [0.3, 0.4) is 0 Å². The van der Waals surface area contributed by atoms with Crippen molar-refractivity contribution < 1.29 is 0 Å². The van der Waals surface area contributed by atoms with Gasteiger partial charge in [-0.3, -0.25) is 0 Å². The summed E-state index contributed by atoms with van der Waals surface area (Å²) in [4.78, 5) is 0. The Hall–Kier alpha value is -1.56. The summed E-state index contributed by atoms with van der Waals surface area (Å²) < 4.78 is 0. The fraction of sp³-hybridized carbons (Fsp3) is 0.250. The molecular weight excluding hydrogens is 192 g/mol. The lowest BCUT2D eigenvalue weighted by molar-refractivity contribution is 1.22. The quantitative estimate of drug-likeness (QED) is 0.584. The first-order valence-electron chi connectivity index (χ1n) is 5.74. The maximum atomic E-state index is 2.20. The van der Waals surface area contributed by atoms with Crippen molar-refractivity contribution in [3.05, 3.63) is 71.4 Å². The molecule has 0 aromatic heterocycles. The second kappa shape index (κ2) is 6.84. The lowest BCUT2D eigenvalue weighted by atomic mass is 10.2. The van der Waals surface area contributed by atoms with Crippen molar-refractivity contribution in [2.75, 3.05) is 0 Å². The molecule has 16 heavy (non-hydrogen) atoms. The van der Waals surface area contributed by atoms with Gasteiger partial charge in [-0.25, -0.2) is 0 Å². The van der Waals surface area contributed by atoms with Gasteiger partial charge in [0.1, 0.15) is 0 Å². The van der Waals surface area contributed by atoms with Gasteiger partial charge < -0.3 is 0 Å². The normalized spacial score (nSPS) is 17.8. The van der Waals surface area contributed by atoms with Crippen molar-refractivity contribution in [3.63, 3.8) is 0 Å². The van der Waals surface area contributed by atoms with E-state index in [0.29, 0.717) is 0 Å². The van der Waals surface area contributed by atoms with Crippen molar-refractivity contribution in [1.29, 1.82) is 0 Å². The van der Waals surface area contributed by atoms with Crippen LogP contribution >= 0.6 is 0 Å². The van der Waals surface area contributed by atoms with Crippen LogP contribution in [-0.2, 0) is 0 Å². The monoisotopic (exact) mass is 212 g/mol. The van der Waals surface area contributed by atoms with E-state index in [1.165, 1.54) is 16.7 Å². The molecule has 84 valence electrons. The molecule has 0 bridgehead atoms. The molecule has 0 unspecified atom stereocenters. The Balaban J connectivity index is 2.61. The minimum Gasteiger partial charge on any atom is -0.0847 e. The Morgan fingerprint density at radius 3 is 2.81 bits per heavy atom. The molecule has 0 fully saturated rings. The van der Waals surface area contributed by atoms with Gasteiger partial charge >= 0.3 is 0 Å². The summed E-state index contributed by atoms with van der Waals surface area (Å²) in [5, 5.41) is 0. The van der Waals surface area contributed by atoms with Gasteiger partial charge in [-0.1, -0.05) is 65.8 Å². The number of allylic oxidation sites excluding steroid dienone is 12. The Kier molecular flexibility index (Phi) is 5.35. The molecular formula is C16H20. The number of hydrogen-bond donors (Lipinski definition) is 0. The van der Waals surface area contributed by atoms with Gasteiger partial charge in [-0.05, 0) is 32.8 Å². The summed E-state index contributed by atoms with van der Waals surface area (Å²) >= 11 is 0. The zero-order valence-corrected chi connectivity index (χ0v) is 10.4. The summed E-state index contributed by atoms with van der Waals surface area (Å²) in [6.45, 7) is 6.30. The van der Waals surface area contributed by atoms with E-state index >= 15 is 0 Å². The molecule has 0 amide bonds. The van der Waals surface area contributed by atoms with Gasteiger partial charge in [0, 0.05) is 0 Å². The number of hydrogen-bond acceptors (Lipinski definition) is 0. The second-order valence-corrected chi connectivity index (χ2v) is 4.04. The van der Waals surface area contributed by atoms with Crippen molar-refractivity contribution in [1.82, 2.24) is 0 Å². The molecule has 0 nitrogen and oxygen atoms in total. The van der Waals surface area contributed by atoms with E-state index in [9.17, 15) is 0 Å². The Morgan fingerprint density at radius 1 is 1.25 bits per heavy atom. The molecule has 0 radical (unpaired) electrons. The van der Waals surface area contributed by atoms with Gasteiger partial charge in [0.25, 0.3) is 0 Å². The molecule has 1 rings (SSSR count). The highest BCUT2D eigenvalue weighted by Gasteiger charge is 1.91. The highest BCUT2D eigenvalue weighted by atomic mass is 14.0. The minimum atomic E-state index is 1.06. The molecule has 0 aromatic carbocycles. The summed E-state index contributed by atoms with van der Waals surface area (Å²) in [6.07, 6.45) is 20.3. The highest BCUT2D eigenvalue weighted by Crippen LogP contribution is 2.11. The van der Waals surface area contributed by atoms with Crippen molar-refractivity contribution >= 4 is 0 Å². The molecule has 0 aromatic rings. The SMILES string of the molecule is C\C=C(C)/C=C\C=C\C1=CC=C(C)CC=C1. The zero-order chi connectivity index (χ0) is 11.8. The largest absolute Gasteiger partial charge is 0.0847 e. The summed E-state index contributed by atoms with van der Waals surface area (Å²) in [5.74, 6) is 0. The van der Waals surface area contributed by atoms with Crippen LogP contribution in [-0.4, -0.2) is 0 Å². The molecule has 0 heteroatoms. The van der Waals surface area contributed by atoms with Gasteiger partial charge in [0.15, 0.2) is 0 Å². The van der Waals surface area contributed by atoms with Gasteiger partial charge in [-0.2, -0.15) is 0 Å². The third kappa shape index (κ3) is 4.79.